The molecule has 7 heteroatoms. The average Bonchev–Trinajstić information content (AvgIpc) is 2.89. The molecule has 206 valence electrons. The SMILES string of the molecule is CCCCCCc1ccc(C(=O)Nc2ccccc2O/C(=C/C(=O)OCC(C)C)C(=O)OCC(C)C)cc1. The Balaban J connectivity index is 2.16. The molecule has 0 aliphatic carbocycles. The van der Waals surface area contributed by atoms with E-state index in [1.54, 1.807) is 36.4 Å². The number of hydrogen-bond donors (Lipinski definition) is 1. The molecule has 2 aromatic rings. The molecule has 2 rings (SSSR count). The van der Waals surface area contributed by atoms with Crippen molar-refractivity contribution in [3.8, 4) is 5.75 Å². The number of para-hydroxylation sites is 2. The number of rotatable bonds is 15. The van der Waals surface area contributed by atoms with Gasteiger partial charge in [0.15, 0.2) is 5.75 Å². The predicted molar refractivity (Wildman–Crippen MR) is 149 cm³/mol. The van der Waals surface area contributed by atoms with Crippen molar-refractivity contribution in [2.24, 2.45) is 11.8 Å². The maximum Gasteiger partial charge on any atom is 0.374 e. The fourth-order valence-corrected chi connectivity index (χ4v) is 3.39. The predicted octanol–water partition coefficient (Wildman–Crippen LogP) is 6.72. The highest BCUT2D eigenvalue weighted by Crippen LogP contribution is 2.27. The lowest BCUT2D eigenvalue weighted by Gasteiger charge is -2.15. The van der Waals surface area contributed by atoms with Crippen LogP contribution in [0.3, 0.4) is 0 Å². The van der Waals surface area contributed by atoms with E-state index in [9.17, 15) is 14.4 Å². The fourth-order valence-electron chi connectivity index (χ4n) is 3.39. The lowest BCUT2D eigenvalue weighted by atomic mass is 10.0. The van der Waals surface area contributed by atoms with Crippen LogP contribution in [0.2, 0.25) is 0 Å². The summed E-state index contributed by atoms with van der Waals surface area (Å²) >= 11 is 0. The fraction of sp³-hybridized carbons (Fsp3) is 0.452. The van der Waals surface area contributed by atoms with Crippen molar-refractivity contribution in [1.29, 1.82) is 0 Å². The van der Waals surface area contributed by atoms with E-state index in [4.69, 9.17) is 14.2 Å². The molecule has 0 saturated carbocycles. The highest BCUT2D eigenvalue weighted by Gasteiger charge is 2.20. The molecule has 0 aliphatic heterocycles. The number of carbonyl (C=O) groups is 3. The van der Waals surface area contributed by atoms with Gasteiger partial charge in [-0.05, 0) is 54.5 Å². The van der Waals surface area contributed by atoms with Gasteiger partial charge in [-0.25, -0.2) is 9.59 Å². The van der Waals surface area contributed by atoms with Crippen LogP contribution >= 0.6 is 0 Å². The minimum absolute atomic E-state index is 0.0994. The van der Waals surface area contributed by atoms with Gasteiger partial charge in [0, 0.05) is 5.56 Å². The first kappa shape index (κ1) is 30.6. The van der Waals surface area contributed by atoms with Gasteiger partial charge < -0.3 is 19.5 Å². The van der Waals surface area contributed by atoms with E-state index in [1.807, 2.05) is 39.8 Å². The summed E-state index contributed by atoms with van der Waals surface area (Å²) in [6.07, 6.45) is 6.72. The first-order chi connectivity index (χ1) is 18.2. The minimum atomic E-state index is -0.796. The normalized spacial score (nSPS) is 11.4. The molecule has 0 fully saturated rings. The van der Waals surface area contributed by atoms with E-state index in [1.165, 1.54) is 24.8 Å². The highest BCUT2D eigenvalue weighted by atomic mass is 16.6. The van der Waals surface area contributed by atoms with Gasteiger partial charge in [-0.15, -0.1) is 0 Å². The molecule has 0 unspecified atom stereocenters. The summed E-state index contributed by atoms with van der Waals surface area (Å²) in [7, 11) is 0. The Labute approximate surface area is 226 Å². The zero-order valence-corrected chi connectivity index (χ0v) is 23.3. The Kier molecular flexibility index (Phi) is 13.1. The smallest absolute Gasteiger partial charge is 0.374 e. The van der Waals surface area contributed by atoms with Crippen molar-refractivity contribution in [2.45, 2.75) is 66.7 Å². The summed E-state index contributed by atoms with van der Waals surface area (Å²) in [5, 5.41) is 2.83. The van der Waals surface area contributed by atoms with Gasteiger partial charge in [0.25, 0.3) is 5.91 Å². The summed E-state index contributed by atoms with van der Waals surface area (Å²) in [4.78, 5) is 38.0. The number of unbranched alkanes of at least 4 members (excludes halogenated alkanes) is 3. The maximum absolute atomic E-state index is 13.0. The topological polar surface area (TPSA) is 90.9 Å². The lowest BCUT2D eigenvalue weighted by Crippen LogP contribution is -2.19. The molecule has 0 saturated heterocycles. The van der Waals surface area contributed by atoms with Crippen LogP contribution in [-0.4, -0.2) is 31.1 Å². The number of benzene rings is 2. The van der Waals surface area contributed by atoms with Crippen LogP contribution in [0, 0.1) is 11.8 Å². The summed E-state index contributed by atoms with van der Waals surface area (Å²) in [5.41, 5.74) is 2.04. The van der Waals surface area contributed by atoms with Crippen LogP contribution < -0.4 is 10.1 Å². The van der Waals surface area contributed by atoms with Crippen LogP contribution in [0.15, 0.2) is 60.4 Å². The molecule has 1 amide bonds. The Morgan fingerprint density at radius 2 is 1.50 bits per heavy atom. The number of nitrogens with one attached hydrogen (secondary N) is 1. The maximum atomic E-state index is 13.0. The molecule has 0 heterocycles. The number of esters is 2. The van der Waals surface area contributed by atoms with Gasteiger partial charge in [-0.3, -0.25) is 4.79 Å². The second-order valence-electron chi connectivity index (χ2n) is 10.1. The Bertz CT molecular complexity index is 1070. The first-order valence-corrected chi connectivity index (χ1v) is 13.4. The molecule has 38 heavy (non-hydrogen) atoms. The Hall–Kier alpha value is -3.61. The van der Waals surface area contributed by atoms with E-state index in [-0.39, 0.29) is 42.5 Å². The Morgan fingerprint density at radius 3 is 2.16 bits per heavy atom. The zero-order valence-electron chi connectivity index (χ0n) is 23.3. The van der Waals surface area contributed by atoms with Gasteiger partial charge in [-0.2, -0.15) is 0 Å². The van der Waals surface area contributed by atoms with Crippen molar-refractivity contribution >= 4 is 23.5 Å². The van der Waals surface area contributed by atoms with Crippen LogP contribution in [0.25, 0.3) is 0 Å². The number of ether oxygens (including phenoxy) is 3. The van der Waals surface area contributed by atoms with Crippen LogP contribution in [0.5, 0.6) is 5.75 Å². The number of carbonyl (C=O) groups excluding carboxylic acids is 3. The van der Waals surface area contributed by atoms with Crippen molar-refractivity contribution in [3.63, 3.8) is 0 Å². The molecule has 0 radical (unpaired) electrons. The van der Waals surface area contributed by atoms with Crippen LogP contribution in [0.1, 0.15) is 76.2 Å². The van der Waals surface area contributed by atoms with Crippen LogP contribution in [-0.2, 0) is 25.5 Å². The van der Waals surface area contributed by atoms with E-state index < -0.39 is 11.9 Å². The second-order valence-corrected chi connectivity index (χ2v) is 10.1. The molecular weight excluding hydrogens is 482 g/mol. The van der Waals surface area contributed by atoms with Gasteiger partial charge in [0.2, 0.25) is 5.76 Å². The summed E-state index contributed by atoms with van der Waals surface area (Å²) in [5.74, 6) is -1.73. The summed E-state index contributed by atoms with van der Waals surface area (Å²) in [6, 6.07) is 14.2. The largest absolute Gasteiger partial charge is 0.462 e. The number of anilines is 1. The van der Waals surface area contributed by atoms with Crippen molar-refractivity contribution in [3.05, 3.63) is 71.5 Å². The van der Waals surface area contributed by atoms with E-state index in [2.05, 4.69) is 12.2 Å². The van der Waals surface area contributed by atoms with Crippen molar-refractivity contribution in [2.75, 3.05) is 18.5 Å². The van der Waals surface area contributed by atoms with E-state index in [0.29, 0.717) is 11.3 Å². The molecular formula is C31H41NO6. The summed E-state index contributed by atoms with van der Waals surface area (Å²) < 4.78 is 16.3. The molecule has 1 N–H and O–H groups in total. The third-order valence-corrected chi connectivity index (χ3v) is 5.45. The van der Waals surface area contributed by atoms with Gasteiger partial charge in [0.1, 0.15) is 0 Å². The average molecular weight is 524 g/mol. The quantitative estimate of drug-likeness (QED) is 0.121. The number of aryl methyl sites for hydroxylation is 1. The molecule has 0 spiro atoms. The van der Waals surface area contributed by atoms with Crippen molar-refractivity contribution < 1.29 is 28.6 Å². The Morgan fingerprint density at radius 1 is 0.842 bits per heavy atom. The van der Waals surface area contributed by atoms with Gasteiger partial charge >= 0.3 is 11.9 Å². The molecule has 0 aliphatic rings. The van der Waals surface area contributed by atoms with Gasteiger partial charge in [-0.1, -0.05) is 78.1 Å². The molecule has 0 atom stereocenters. The third-order valence-electron chi connectivity index (χ3n) is 5.45. The third kappa shape index (κ3) is 11.2. The van der Waals surface area contributed by atoms with Gasteiger partial charge in [0.05, 0.1) is 25.0 Å². The molecule has 0 bridgehead atoms. The highest BCUT2D eigenvalue weighted by molar-refractivity contribution is 6.05. The molecule has 0 aromatic heterocycles. The van der Waals surface area contributed by atoms with Crippen molar-refractivity contribution in [1.82, 2.24) is 0 Å². The first-order valence-electron chi connectivity index (χ1n) is 13.4. The van der Waals surface area contributed by atoms with E-state index in [0.717, 1.165) is 18.9 Å². The second kappa shape index (κ2) is 16.3. The number of hydrogen-bond acceptors (Lipinski definition) is 6. The van der Waals surface area contributed by atoms with E-state index >= 15 is 0 Å². The molecule has 7 nitrogen and oxygen atoms in total. The zero-order chi connectivity index (χ0) is 27.9. The number of amides is 1. The summed E-state index contributed by atoms with van der Waals surface area (Å²) in [6.45, 7) is 10.2. The lowest BCUT2D eigenvalue weighted by molar-refractivity contribution is -0.144. The monoisotopic (exact) mass is 523 g/mol. The van der Waals surface area contributed by atoms with Crippen LogP contribution in [0.4, 0.5) is 5.69 Å². The minimum Gasteiger partial charge on any atom is -0.462 e. The standard InChI is InChI=1S/C31H41NO6/c1-6-7-8-9-12-24-15-17-25(18-16-24)30(34)32-26-13-10-11-14-27(26)38-28(31(35)37-21-23(4)5)19-29(33)36-20-22(2)3/h10-11,13-19,22-23H,6-9,12,20-21H2,1-5H3,(H,32,34)/b28-19+. The molecule has 2 aromatic carbocycles.